The molecular formula is C30H32N6O2Si. The fraction of sp³-hybridized carbons (Fsp3) is 0.300. The Kier molecular flexibility index (Phi) is 6.48. The second-order valence-electron chi connectivity index (χ2n) is 11.3. The molecule has 0 bridgehead atoms. The smallest absolute Gasteiger partial charge is 0.166 e. The number of rotatable bonds is 7. The lowest BCUT2D eigenvalue weighted by Gasteiger charge is -2.30. The third-order valence-corrected chi connectivity index (χ3v) is 8.96. The maximum Gasteiger partial charge on any atom is 0.166 e. The molecule has 0 atom stereocenters. The molecule has 2 aromatic carbocycles. The van der Waals surface area contributed by atoms with Crippen LogP contribution in [-0.4, -0.2) is 51.5 Å². The summed E-state index contributed by atoms with van der Waals surface area (Å²) in [7, 11) is -1.14. The van der Waals surface area contributed by atoms with Gasteiger partial charge in [-0.25, -0.2) is 19.9 Å². The van der Waals surface area contributed by atoms with Crippen molar-refractivity contribution in [2.75, 3.05) is 18.1 Å². The Labute approximate surface area is 228 Å². The molecule has 4 heterocycles. The Morgan fingerprint density at radius 1 is 0.974 bits per heavy atom. The van der Waals surface area contributed by atoms with Gasteiger partial charge in [-0.1, -0.05) is 37.8 Å². The highest BCUT2D eigenvalue weighted by atomic mass is 28.3. The maximum absolute atomic E-state index is 12.5. The fourth-order valence-electron chi connectivity index (χ4n) is 5.04. The average molecular weight is 537 g/mol. The molecule has 0 saturated carbocycles. The van der Waals surface area contributed by atoms with Gasteiger partial charge in [0.25, 0.3) is 0 Å². The molecule has 0 aliphatic carbocycles. The van der Waals surface area contributed by atoms with Crippen LogP contribution in [0.15, 0.2) is 61.1 Å². The first kappa shape index (κ1) is 25.3. The molecule has 0 amide bonds. The van der Waals surface area contributed by atoms with Gasteiger partial charge in [-0.15, -0.1) is 0 Å². The number of hydrogen-bond acceptors (Lipinski definition) is 7. The highest BCUT2D eigenvalue weighted by molar-refractivity contribution is 6.76. The van der Waals surface area contributed by atoms with E-state index >= 15 is 0 Å². The van der Waals surface area contributed by atoms with Crippen LogP contribution in [0.1, 0.15) is 22.6 Å². The molecule has 9 heteroatoms. The zero-order chi connectivity index (χ0) is 27.1. The molecule has 0 N–H and O–H groups in total. The Morgan fingerprint density at radius 2 is 1.82 bits per heavy atom. The molecule has 0 saturated heterocycles. The molecule has 0 unspecified atom stereocenters. The lowest BCUT2D eigenvalue weighted by molar-refractivity contribution is 0.0881. The zero-order valence-corrected chi connectivity index (χ0v) is 23.8. The molecule has 198 valence electrons. The number of carbonyl (C=O) groups excluding carboxylic acids is 1. The number of imidazole rings is 1. The summed E-state index contributed by atoms with van der Waals surface area (Å²) in [5.41, 5.74) is 6.11. The van der Waals surface area contributed by atoms with Crippen molar-refractivity contribution in [1.82, 2.24) is 24.5 Å². The van der Waals surface area contributed by atoms with E-state index in [-0.39, 0.29) is 5.78 Å². The van der Waals surface area contributed by atoms with E-state index in [1.807, 2.05) is 48.0 Å². The molecule has 8 nitrogen and oxygen atoms in total. The van der Waals surface area contributed by atoms with Crippen LogP contribution in [-0.2, 0) is 11.5 Å². The standard InChI is InChI=1S/C30H32N6O2Si/c1-20-34-26-16-22(17-31-30(26)36(20)19-38-13-14-39(2,3)4)21-9-10-25-24(15-21)29(33-18-32-25)35-12-11-28(37)23-7-5-6-8-27(23)35/h5-10,15-18H,11-14,19H2,1-4H3. The number of benzene rings is 2. The predicted molar refractivity (Wildman–Crippen MR) is 157 cm³/mol. The summed E-state index contributed by atoms with van der Waals surface area (Å²) in [5.74, 6) is 1.85. The van der Waals surface area contributed by atoms with E-state index in [0.717, 1.165) is 68.7 Å². The molecular weight excluding hydrogens is 504 g/mol. The van der Waals surface area contributed by atoms with E-state index in [0.29, 0.717) is 19.7 Å². The van der Waals surface area contributed by atoms with Crippen molar-refractivity contribution in [2.24, 2.45) is 0 Å². The molecule has 3 aromatic heterocycles. The van der Waals surface area contributed by atoms with Gasteiger partial charge < -0.3 is 9.64 Å². The monoisotopic (exact) mass is 536 g/mol. The summed E-state index contributed by atoms with van der Waals surface area (Å²) in [6.45, 7) is 10.8. The second kappa shape index (κ2) is 9.98. The van der Waals surface area contributed by atoms with Crippen LogP contribution in [0.25, 0.3) is 33.2 Å². The molecule has 39 heavy (non-hydrogen) atoms. The number of hydrogen-bond donors (Lipinski definition) is 0. The lowest BCUT2D eigenvalue weighted by Crippen LogP contribution is -2.28. The molecule has 0 fully saturated rings. The van der Waals surface area contributed by atoms with Crippen molar-refractivity contribution >= 4 is 47.4 Å². The first-order valence-corrected chi connectivity index (χ1v) is 17.0. The van der Waals surface area contributed by atoms with E-state index in [9.17, 15) is 4.79 Å². The number of aromatic nitrogens is 5. The molecule has 6 rings (SSSR count). The largest absolute Gasteiger partial charge is 0.361 e. The quantitative estimate of drug-likeness (QED) is 0.176. The Bertz CT molecular complexity index is 1710. The Balaban J connectivity index is 1.34. The number of ether oxygens (including phenoxy) is 1. The van der Waals surface area contributed by atoms with Crippen LogP contribution >= 0.6 is 0 Å². The summed E-state index contributed by atoms with van der Waals surface area (Å²) in [4.78, 5) is 33.4. The van der Waals surface area contributed by atoms with Crippen molar-refractivity contribution in [1.29, 1.82) is 0 Å². The van der Waals surface area contributed by atoms with E-state index in [1.165, 1.54) is 0 Å². The number of Topliss-reactive ketones (excluding diaryl/α,β-unsaturated/α-hetero) is 1. The van der Waals surface area contributed by atoms with Gasteiger partial charge in [0.15, 0.2) is 11.4 Å². The van der Waals surface area contributed by atoms with Crippen molar-refractivity contribution < 1.29 is 9.53 Å². The van der Waals surface area contributed by atoms with Crippen LogP contribution < -0.4 is 4.90 Å². The summed E-state index contributed by atoms with van der Waals surface area (Å²) in [6, 6.07) is 17.1. The minimum atomic E-state index is -1.14. The van der Waals surface area contributed by atoms with Crippen molar-refractivity contribution in [3.05, 3.63) is 72.4 Å². The molecule has 1 aliphatic rings. The van der Waals surface area contributed by atoms with Gasteiger partial charge in [0, 0.05) is 50.4 Å². The summed E-state index contributed by atoms with van der Waals surface area (Å²) in [6.07, 6.45) is 3.93. The van der Waals surface area contributed by atoms with Crippen LogP contribution in [0.5, 0.6) is 0 Å². The molecule has 5 aromatic rings. The van der Waals surface area contributed by atoms with Gasteiger partial charge >= 0.3 is 0 Å². The Hall–Kier alpha value is -3.95. The normalized spacial score (nSPS) is 13.8. The van der Waals surface area contributed by atoms with E-state index < -0.39 is 8.07 Å². The molecule has 1 aliphatic heterocycles. The first-order chi connectivity index (χ1) is 18.8. The van der Waals surface area contributed by atoms with Gasteiger partial charge in [-0.3, -0.25) is 9.36 Å². The van der Waals surface area contributed by atoms with Crippen molar-refractivity contribution in [3.8, 4) is 11.1 Å². The number of ketones is 1. The average Bonchev–Trinajstić information content (AvgIpc) is 3.24. The van der Waals surface area contributed by atoms with Gasteiger partial charge in [0.1, 0.15) is 30.2 Å². The number of aryl methyl sites for hydroxylation is 1. The minimum absolute atomic E-state index is 0.163. The van der Waals surface area contributed by atoms with Gasteiger partial charge in [0.05, 0.1) is 11.2 Å². The van der Waals surface area contributed by atoms with Crippen molar-refractivity contribution in [3.63, 3.8) is 0 Å². The van der Waals surface area contributed by atoms with E-state index in [4.69, 9.17) is 14.7 Å². The topological polar surface area (TPSA) is 86.0 Å². The van der Waals surface area contributed by atoms with Gasteiger partial charge in [0.2, 0.25) is 0 Å². The highest BCUT2D eigenvalue weighted by Gasteiger charge is 2.26. The van der Waals surface area contributed by atoms with Crippen LogP contribution in [0.3, 0.4) is 0 Å². The molecule has 0 spiro atoms. The first-order valence-electron chi connectivity index (χ1n) is 13.3. The summed E-state index contributed by atoms with van der Waals surface area (Å²) >= 11 is 0. The fourth-order valence-corrected chi connectivity index (χ4v) is 5.80. The van der Waals surface area contributed by atoms with Crippen LogP contribution in [0, 0.1) is 6.92 Å². The second-order valence-corrected chi connectivity index (χ2v) is 16.9. The zero-order valence-electron chi connectivity index (χ0n) is 22.8. The van der Waals surface area contributed by atoms with Gasteiger partial charge in [-0.2, -0.15) is 0 Å². The third-order valence-electron chi connectivity index (χ3n) is 7.25. The number of carbonyl (C=O) groups is 1. The Morgan fingerprint density at radius 3 is 2.67 bits per heavy atom. The summed E-state index contributed by atoms with van der Waals surface area (Å²) in [5, 5.41) is 0.928. The van der Waals surface area contributed by atoms with Crippen LogP contribution in [0.2, 0.25) is 25.7 Å². The third kappa shape index (κ3) is 4.95. The number of anilines is 2. The highest BCUT2D eigenvalue weighted by Crippen LogP contribution is 2.37. The maximum atomic E-state index is 12.5. The van der Waals surface area contributed by atoms with Gasteiger partial charge in [-0.05, 0) is 48.9 Å². The molecule has 0 radical (unpaired) electrons. The minimum Gasteiger partial charge on any atom is -0.361 e. The van der Waals surface area contributed by atoms with E-state index in [1.54, 1.807) is 6.33 Å². The number of nitrogens with zero attached hydrogens (tertiary/aromatic N) is 6. The van der Waals surface area contributed by atoms with E-state index in [2.05, 4.69) is 52.7 Å². The number of para-hydroxylation sites is 1. The SMILES string of the molecule is Cc1nc2cc(-c3ccc4ncnc(N5CCC(=O)c6ccccc65)c4c3)cnc2n1COCC[Si](C)(C)C. The number of pyridine rings is 1. The van der Waals surface area contributed by atoms with Crippen LogP contribution in [0.4, 0.5) is 11.5 Å². The number of fused-ring (bicyclic) bond motifs is 3. The predicted octanol–water partition coefficient (Wildman–Crippen LogP) is 6.39. The lowest BCUT2D eigenvalue weighted by atomic mass is 9.99. The van der Waals surface area contributed by atoms with Crippen molar-refractivity contribution in [2.45, 2.75) is 45.8 Å². The summed E-state index contributed by atoms with van der Waals surface area (Å²) < 4.78 is 8.02.